The number of anilines is 1. The van der Waals surface area contributed by atoms with Crippen LogP contribution in [0.4, 0.5) is 5.69 Å². The summed E-state index contributed by atoms with van der Waals surface area (Å²) < 4.78 is 27.3. The summed E-state index contributed by atoms with van der Waals surface area (Å²) in [4.78, 5) is 12.7. The lowest BCUT2D eigenvalue weighted by molar-refractivity contribution is 0.102. The van der Waals surface area contributed by atoms with E-state index in [0.717, 1.165) is 5.69 Å². The first kappa shape index (κ1) is 17.9. The predicted octanol–water partition coefficient (Wildman–Crippen LogP) is 2.95. The van der Waals surface area contributed by atoms with Crippen molar-refractivity contribution in [2.24, 2.45) is 7.05 Å². The molecule has 2 aromatic carbocycles. The highest BCUT2D eigenvalue weighted by Crippen LogP contribution is 2.22. The predicted molar refractivity (Wildman–Crippen MR) is 99.7 cm³/mol. The van der Waals surface area contributed by atoms with Crippen LogP contribution in [0.5, 0.6) is 0 Å². The number of carbonyl (C=O) groups excluding carboxylic acids is 1. The molecule has 0 aliphatic carbocycles. The standard InChI is InChI=1S/C19H19N3O3S/c1-14-17(12-20-22(14)2)21-19(23)16-10-6-7-11-18(16)26(24,25)13-15-8-4-3-5-9-15/h3-12H,13H2,1-2H3,(H,21,23). The minimum absolute atomic E-state index is 0.0166. The topological polar surface area (TPSA) is 81.1 Å². The van der Waals surface area contributed by atoms with Crippen LogP contribution < -0.4 is 5.32 Å². The molecule has 0 spiro atoms. The number of rotatable bonds is 5. The molecule has 0 fully saturated rings. The summed E-state index contributed by atoms with van der Waals surface area (Å²) in [5.74, 6) is -0.641. The van der Waals surface area contributed by atoms with Crippen LogP contribution >= 0.6 is 0 Å². The quantitative estimate of drug-likeness (QED) is 0.750. The Hall–Kier alpha value is -2.93. The first-order valence-electron chi connectivity index (χ1n) is 8.04. The van der Waals surface area contributed by atoms with Gasteiger partial charge in [0.2, 0.25) is 0 Å². The molecule has 0 unspecified atom stereocenters. The Labute approximate surface area is 152 Å². The van der Waals surface area contributed by atoms with E-state index in [0.29, 0.717) is 11.3 Å². The first-order chi connectivity index (χ1) is 12.4. The summed E-state index contributed by atoms with van der Waals surface area (Å²) in [6.45, 7) is 1.82. The van der Waals surface area contributed by atoms with E-state index < -0.39 is 15.7 Å². The minimum atomic E-state index is -3.67. The van der Waals surface area contributed by atoms with Crippen LogP contribution in [0.1, 0.15) is 21.6 Å². The molecule has 0 atom stereocenters. The number of hydrogen-bond acceptors (Lipinski definition) is 4. The second-order valence-corrected chi connectivity index (χ2v) is 7.92. The molecule has 0 saturated carbocycles. The van der Waals surface area contributed by atoms with Crippen molar-refractivity contribution in [3.8, 4) is 0 Å². The van der Waals surface area contributed by atoms with Gasteiger partial charge in [-0.3, -0.25) is 9.48 Å². The zero-order valence-corrected chi connectivity index (χ0v) is 15.3. The minimum Gasteiger partial charge on any atom is -0.319 e. The third-order valence-electron chi connectivity index (χ3n) is 4.15. The number of nitrogens with zero attached hydrogens (tertiary/aromatic N) is 2. The van der Waals surface area contributed by atoms with Gasteiger partial charge in [0.15, 0.2) is 9.84 Å². The molecule has 0 saturated heterocycles. The van der Waals surface area contributed by atoms with E-state index in [1.165, 1.54) is 18.3 Å². The monoisotopic (exact) mass is 369 g/mol. The normalized spacial score (nSPS) is 11.3. The van der Waals surface area contributed by atoms with Gasteiger partial charge in [0.05, 0.1) is 33.8 Å². The summed E-state index contributed by atoms with van der Waals surface area (Å²) >= 11 is 0. The summed E-state index contributed by atoms with van der Waals surface area (Å²) in [5, 5.41) is 6.81. The molecule has 0 aliphatic heterocycles. The van der Waals surface area contributed by atoms with Gasteiger partial charge in [-0.15, -0.1) is 0 Å². The lowest BCUT2D eigenvalue weighted by Crippen LogP contribution is -2.17. The molecule has 3 rings (SSSR count). The molecule has 1 amide bonds. The third-order valence-corrected chi connectivity index (χ3v) is 5.89. The number of nitrogens with one attached hydrogen (secondary N) is 1. The molecule has 26 heavy (non-hydrogen) atoms. The summed E-state index contributed by atoms with van der Waals surface area (Å²) in [6.07, 6.45) is 1.54. The smallest absolute Gasteiger partial charge is 0.257 e. The lowest BCUT2D eigenvalue weighted by Gasteiger charge is -2.11. The first-order valence-corrected chi connectivity index (χ1v) is 9.69. The van der Waals surface area contributed by atoms with Crippen LogP contribution in [0.15, 0.2) is 65.7 Å². The van der Waals surface area contributed by atoms with Gasteiger partial charge >= 0.3 is 0 Å². The van der Waals surface area contributed by atoms with Crippen LogP contribution in [-0.4, -0.2) is 24.1 Å². The number of aryl methyl sites for hydroxylation is 1. The van der Waals surface area contributed by atoms with Gasteiger partial charge in [0.25, 0.3) is 5.91 Å². The van der Waals surface area contributed by atoms with E-state index in [4.69, 9.17) is 0 Å². The van der Waals surface area contributed by atoms with Crippen LogP contribution in [0.2, 0.25) is 0 Å². The summed E-state index contributed by atoms with van der Waals surface area (Å²) in [6, 6.07) is 15.1. The molecular formula is C19H19N3O3S. The highest BCUT2D eigenvalue weighted by Gasteiger charge is 2.23. The number of amides is 1. The second-order valence-electron chi connectivity index (χ2n) is 5.96. The lowest BCUT2D eigenvalue weighted by atomic mass is 10.2. The molecule has 3 aromatic rings. The van der Waals surface area contributed by atoms with Crippen molar-refractivity contribution in [3.63, 3.8) is 0 Å². The van der Waals surface area contributed by atoms with Crippen LogP contribution in [0, 0.1) is 6.92 Å². The summed E-state index contributed by atoms with van der Waals surface area (Å²) in [7, 11) is -1.90. The zero-order chi connectivity index (χ0) is 18.7. The maximum Gasteiger partial charge on any atom is 0.257 e. The number of sulfone groups is 1. The maximum absolute atomic E-state index is 12.9. The van der Waals surface area contributed by atoms with Crippen molar-refractivity contribution in [1.29, 1.82) is 0 Å². The Balaban J connectivity index is 1.92. The van der Waals surface area contributed by atoms with Gasteiger partial charge < -0.3 is 5.32 Å². The van der Waals surface area contributed by atoms with Gasteiger partial charge in [-0.05, 0) is 24.6 Å². The van der Waals surface area contributed by atoms with E-state index in [9.17, 15) is 13.2 Å². The van der Waals surface area contributed by atoms with E-state index in [2.05, 4.69) is 10.4 Å². The highest BCUT2D eigenvalue weighted by atomic mass is 32.2. The van der Waals surface area contributed by atoms with Crippen molar-refractivity contribution < 1.29 is 13.2 Å². The molecule has 1 N–H and O–H groups in total. The fourth-order valence-corrected chi connectivity index (χ4v) is 4.18. The Morgan fingerprint density at radius 2 is 1.73 bits per heavy atom. The van der Waals surface area contributed by atoms with Crippen molar-refractivity contribution in [3.05, 3.63) is 77.6 Å². The van der Waals surface area contributed by atoms with Gasteiger partial charge in [0, 0.05) is 7.05 Å². The van der Waals surface area contributed by atoms with Gasteiger partial charge in [-0.2, -0.15) is 5.10 Å². The molecule has 0 aliphatic rings. The van der Waals surface area contributed by atoms with Crippen LogP contribution in [0.3, 0.4) is 0 Å². The van der Waals surface area contributed by atoms with E-state index in [1.54, 1.807) is 48.1 Å². The maximum atomic E-state index is 12.9. The Kier molecular flexibility index (Phi) is 4.90. The number of aromatic nitrogens is 2. The average molecular weight is 369 g/mol. The molecule has 7 heteroatoms. The van der Waals surface area contributed by atoms with Crippen molar-refractivity contribution in [1.82, 2.24) is 9.78 Å². The molecule has 0 radical (unpaired) electrons. The zero-order valence-electron chi connectivity index (χ0n) is 14.5. The fraction of sp³-hybridized carbons (Fsp3) is 0.158. The molecular weight excluding hydrogens is 350 g/mol. The van der Waals surface area contributed by atoms with E-state index >= 15 is 0 Å². The fourth-order valence-electron chi connectivity index (χ4n) is 2.61. The Bertz CT molecular complexity index is 1040. The second kappa shape index (κ2) is 7.13. The molecule has 0 bridgehead atoms. The number of carbonyl (C=O) groups is 1. The molecule has 134 valence electrons. The molecule has 1 heterocycles. The average Bonchev–Trinajstić information content (AvgIpc) is 2.94. The number of hydrogen-bond donors (Lipinski definition) is 1. The van der Waals surface area contributed by atoms with Crippen LogP contribution in [0.25, 0.3) is 0 Å². The SMILES string of the molecule is Cc1c(NC(=O)c2ccccc2S(=O)(=O)Cc2ccccc2)cnn1C. The largest absolute Gasteiger partial charge is 0.319 e. The van der Waals surface area contributed by atoms with Gasteiger partial charge in [0.1, 0.15) is 0 Å². The van der Waals surface area contributed by atoms with Crippen LogP contribution in [-0.2, 0) is 22.6 Å². The van der Waals surface area contributed by atoms with Gasteiger partial charge in [-0.1, -0.05) is 42.5 Å². The van der Waals surface area contributed by atoms with E-state index in [1.807, 2.05) is 13.0 Å². The van der Waals surface area contributed by atoms with E-state index in [-0.39, 0.29) is 16.2 Å². The van der Waals surface area contributed by atoms with Crippen molar-refractivity contribution >= 4 is 21.4 Å². The van der Waals surface area contributed by atoms with Crippen molar-refractivity contribution in [2.75, 3.05) is 5.32 Å². The van der Waals surface area contributed by atoms with Gasteiger partial charge in [-0.25, -0.2) is 8.42 Å². The highest BCUT2D eigenvalue weighted by molar-refractivity contribution is 7.90. The summed E-state index contributed by atoms with van der Waals surface area (Å²) in [5.41, 5.74) is 2.12. The Morgan fingerprint density at radius 3 is 2.38 bits per heavy atom. The molecule has 1 aromatic heterocycles. The molecule has 6 nitrogen and oxygen atoms in total. The third kappa shape index (κ3) is 3.67. The number of benzene rings is 2. The Morgan fingerprint density at radius 1 is 1.08 bits per heavy atom. The van der Waals surface area contributed by atoms with Crippen molar-refractivity contribution in [2.45, 2.75) is 17.6 Å².